The van der Waals surface area contributed by atoms with Gasteiger partial charge in [0, 0.05) is 11.8 Å². The van der Waals surface area contributed by atoms with E-state index in [1.807, 2.05) is 0 Å². The zero-order valence-corrected chi connectivity index (χ0v) is 14.1. The molecule has 0 aromatic carbocycles. The van der Waals surface area contributed by atoms with Gasteiger partial charge >= 0.3 is 6.09 Å². The maximum absolute atomic E-state index is 11.6. The molecule has 0 saturated heterocycles. The van der Waals surface area contributed by atoms with E-state index in [2.05, 4.69) is 5.32 Å². The second-order valence-electron chi connectivity index (χ2n) is 6.19. The molecule has 0 unspecified atom stereocenters. The summed E-state index contributed by atoms with van der Waals surface area (Å²) >= 11 is 0. The average Bonchev–Trinajstić information content (AvgIpc) is 2.18. The molecule has 0 aliphatic carbocycles. The van der Waals surface area contributed by atoms with Gasteiger partial charge in [-0.3, -0.25) is 9.00 Å². The van der Waals surface area contributed by atoms with Gasteiger partial charge in [-0.1, -0.05) is 9.93 Å². The van der Waals surface area contributed by atoms with Crippen LogP contribution in [0.3, 0.4) is 0 Å². The van der Waals surface area contributed by atoms with Crippen molar-refractivity contribution in [3.8, 4) is 0 Å². The molecule has 7 nitrogen and oxygen atoms in total. The maximum atomic E-state index is 11.6. The van der Waals surface area contributed by atoms with Crippen molar-refractivity contribution in [3.63, 3.8) is 0 Å². The molecule has 0 heterocycles. The van der Waals surface area contributed by atoms with Gasteiger partial charge in [0.1, 0.15) is 11.6 Å². The molecule has 0 fully saturated rings. The highest BCUT2D eigenvalue weighted by molar-refractivity contribution is 8.04. The number of hydrogen-bond donors (Lipinski definition) is 4. The zero-order valence-electron chi connectivity index (χ0n) is 13.2. The number of carbonyl (C=O) groups is 2. The minimum absolute atomic E-state index is 0.0784. The number of aliphatic hydroxyl groups excluding tert-OH is 1. The summed E-state index contributed by atoms with van der Waals surface area (Å²) < 4.78 is 16.5. The van der Waals surface area contributed by atoms with Gasteiger partial charge < -0.3 is 20.9 Å². The Morgan fingerprint density at radius 1 is 1.38 bits per heavy atom. The summed E-state index contributed by atoms with van der Waals surface area (Å²) in [5.74, 6) is -0.828. The highest BCUT2D eigenvalue weighted by Crippen LogP contribution is 2.10. The van der Waals surface area contributed by atoms with Gasteiger partial charge in [-0.25, -0.2) is 4.79 Å². The summed E-state index contributed by atoms with van der Waals surface area (Å²) in [5.41, 5.74) is 4.51. The van der Waals surface area contributed by atoms with Crippen molar-refractivity contribution >= 4 is 21.9 Å². The number of allylic oxidation sites excluding steroid dienone is 1. The molecule has 0 aromatic rings. The molecule has 0 aliphatic rings. The van der Waals surface area contributed by atoms with Crippen LogP contribution in [0.25, 0.3) is 0 Å². The third-order valence-electron chi connectivity index (χ3n) is 2.18. The quantitative estimate of drug-likeness (QED) is 0.426. The molecule has 124 valence electrons. The Bertz CT molecular complexity index is 462. The van der Waals surface area contributed by atoms with Gasteiger partial charge in [-0.2, -0.15) is 0 Å². The highest BCUT2D eigenvalue weighted by Gasteiger charge is 2.22. The molecule has 1 atom stereocenters. The molecule has 0 aromatic heterocycles. The summed E-state index contributed by atoms with van der Waals surface area (Å²) in [7, 11) is -2.50. The highest BCUT2D eigenvalue weighted by atomic mass is 32.2. The molecule has 8 heteroatoms. The molecular weight excluding hydrogens is 296 g/mol. The van der Waals surface area contributed by atoms with E-state index in [-0.39, 0.29) is 18.6 Å². The predicted molar refractivity (Wildman–Crippen MR) is 83.7 cm³/mol. The lowest BCUT2D eigenvalue weighted by atomic mass is 10.1. The summed E-state index contributed by atoms with van der Waals surface area (Å²) in [6, 6.07) is -0.969. The maximum Gasteiger partial charge on any atom is 0.408 e. The van der Waals surface area contributed by atoms with E-state index in [0.717, 1.165) is 0 Å². The molecule has 0 radical (unpaired) electrons. The number of rotatable bonds is 6. The number of ether oxygens (including phenoxy) is 1. The Balaban J connectivity index is 4.59. The Labute approximate surface area is 126 Å². The van der Waals surface area contributed by atoms with Crippen molar-refractivity contribution < 1.29 is 23.6 Å². The molecular formula is C13H26N2O5S. The fourth-order valence-electron chi connectivity index (χ4n) is 1.45. The van der Waals surface area contributed by atoms with Crippen molar-refractivity contribution in [3.05, 3.63) is 11.2 Å². The minimum atomic E-state index is -2.50. The van der Waals surface area contributed by atoms with Crippen LogP contribution in [0.2, 0.25) is 0 Å². The molecule has 0 rings (SSSR count). The first-order chi connectivity index (χ1) is 9.30. The molecule has 0 saturated carbocycles. The fourth-order valence-corrected chi connectivity index (χ4v) is 2.30. The summed E-state index contributed by atoms with van der Waals surface area (Å²) in [6.07, 6.45) is 2.43. The first-order valence-corrected chi connectivity index (χ1v) is 9.21. The number of nitrogens with two attached hydrogens (primary N) is 1. The number of hydrogen-bond acceptors (Lipinski definition) is 5. The monoisotopic (exact) mass is 322 g/mol. The van der Waals surface area contributed by atoms with Crippen LogP contribution >= 0.6 is 0 Å². The Kier molecular flexibility index (Phi) is 6.89. The van der Waals surface area contributed by atoms with Crippen molar-refractivity contribution in [2.45, 2.75) is 45.3 Å². The van der Waals surface area contributed by atoms with E-state index in [1.165, 1.54) is 17.9 Å². The van der Waals surface area contributed by atoms with Crippen LogP contribution in [-0.4, -0.2) is 45.5 Å². The van der Waals surface area contributed by atoms with E-state index in [9.17, 15) is 18.9 Å². The third-order valence-corrected chi connectivity index (χ3v) is 3.10. The smallest absolute Gasteiger partial charge is 0.408 e. The third kappa shape index (κ3) is 10.8. The standard InChI is InChI=1S/C13H26N2O5S/c1-13(2,3)20-12(18)15-10(11(14)17)7-6-9(16)8-21(4,5)19/h8,10,16,21H,6-7H2,1-5H3,(H2,14,17)(H,15,18)/b9-8-/t10-/m0/s1. The SMILES string of the molecule is CC(C)(C)OC(=O)N[C@@H](CC/C(O)=C/[SH](C)(C)=O)C(N)=O. The fraction of sp³-hybridized carbons (Fsp3) is 0.692. The average molecular weight is 322 g/mol. The van der Waals surface area contributed by atoms with Gasteiger partial charge in [0.15, 0.2) is 0 Å². The van der Waals surface area contributed by atoms with Crippen molar-refractivity contribution in [2.75, 3.05) is 12.5 Å². The van der Waals surface area contributed by atoms with Gasteiger partial charge in [0.25, 0.3) is 0 Å². The molecule has 0 spiro atoms. The number of amides is 2. The Morgan fingerprint density at radius 2 is 1.90 bits per heavy atom. The molecule has 0 bridgehead atoms. The zero-order chi connectivity index (χ0) is 16.8. The second-order valence-corrected chi connectivity index (χ2v) is 9.32. The van der Waals surface area contributed by atoms with Crippen LogP contribution in [0.1, 0.15) is 33.6 Å². The number of thiol groups is 1. The van der Waals surface area contributed by atoms with Crippen LogP contribution in [0, 0.1) is 0 Å². The number of alkyl carbamates (subject to hydrolysis) is 1. The lowest BCUT2D eigenvalue weighted by Gasteiger charge is -2.22. The van der Waals surface area contributed by atoms with Crippen molar-refractivity contribution in [1.82, 2.24) is 5.32 Å². The topological polar surface area (TPSA) is 119 Å². The minimum Gasteiger partial charge on any atom is -0.512 e. The lowest BCUT2D eigenvalue weighted by molar-refractivity contribution is -0.120. The van der Waals surface area contributed by atoms with Crippen LogP contribution in [0.15, 0.2) is 11.2 Å². The van der Waals surface area contributed by atoms with E-state index in [4.69, 9.17) is 10.5 Å². The Hall–Kier alpha value is -1.57. The number of nitrogens with one attached hydrogen (secondary N) is 1. The predicted octanol–water partition coefficient (Wildman–Crippen LogP) is 0.821. The largest absolute Gasteiger partial charge is 0.512 e. The van der Waals surface area contributed by atoms with E-state index >= 15 is 0 Å². The first kappa shape index (κ1) is 19.4. The van der Waals surface area contributed by atoms with E-state index < -0.39 is 33.6 Å². The van der Waals surface area contributed by atoms with Crippen LogP contribution in [-0.2, 0) is 19.5 Å². The van der Waals surface area contributed by atoms with E-state index in [0.29, 0.717) is 0 Å². The summed E-state index contributed by atoms with van der Waals surface area (Å²) in [6.45, 7) is 5.08. The van der Waals surface area contributed by atoms with Gasteiger partial charge in [-0.05, 0) is 39.7 Å². The number of primary amides is 1. The summed E-state index contributed by atoms with van der Waals surface area (Å²) in [4.78, 5) is 22.9. The Morgan fingerprint density at radius 3 is 2.29 bits per heavy atom. The van der Waals surface area contributed by atoms with E-state index in [1.54, 1.807) is 20.8 Å². The molecule has 21 heavy (non-hydrogen) atoms. The number of aliphatic hydroxyl groups is 1. The molecule has 0 aliphatic heterocycles. The van der Waals surface area contributed by atoms with Crippen molar-refractivity contribution in [2.24, 2.45) is 5.73 Å². The van der Waals surface area contributed by atoms with Gasteiger partial charge in [0.05, 0.1) is 5.76 Å². The second kappa shape index (κ2) is 7.44. The molecule has 2 amide bonds. The van der Waals surface area contributed by atoms with Crippen LogP contribution in [0.4, 0.5) is 4.79 Å². The van der Waals surface area contributed by atoms with Gasteiger partial charge in [0.2, 0.25) is 5.91 Å². The first-order valence-electron chi connectivity index (χ1n) is 6.54. The number of carbonyl (C=O) groups excluding carboxylic acids is 2. The van der Waals surface area contributed by atoms with Crippen molar-refractivity contribution in [1.29, 1.82) is 0 Å². The van der Waals surface area contributed by atoms with Gasteiger partial charge in [-0.15, -0.1) is 0 Å². The molecule has 4 N–H and O–H groups in total. The van der Waals surface area contributed by atoms with Crippen LogP contribution in [0.5, 0.6) is 0 Å². The lowest BCUT2D eigenvalue weighted by Crippen LogP contribution is -2.46. The summed E-state index contributed by atoms with van der Waals surface area (Å²) in [5, 5.41) is 13.2. The normalized spacial score (nSPS) is 15.2. The van der Waals surface area contributed by atoms with Crippen LogP contribution < -0.4 is 11.1 Å².